The number of alkyl halides is 3. The summed E-state index contributed by atoms with van der Waals surface area (Å²) in [7, 11) is 1.15. The second-order valence-electron chi connectivity index (χ2n) is 7.27. The minimum atomic E-state index is -4.64. The molecule has 0 saturated carbocycles. The number of esters is 1. The Morgan fingerprint density at radius 2 is 1.91 bits per heavy atom. The van der Waals surface area contributed by atoms with Crippen molar-refractivity contribution in [2.24, 2.45) is 0 Å². The van der Waals surface area contributed by atoms with Crippen molar-refractivity contribution in [2.75, 3.05) is 19.0 Å². The number of hydrogen-bond acceptors (Lipinski definition) is 4. The van der Waals surface area contributed by atoms with Gasteiger partial charge >= 0.3 is 18.2 Å². The summed E-state index contributed by atoms with van der Waals surface area (Å²) in [6.45, 7) is -0.449. The van der Waals surface area contributed by atoms with Crippen LogP contribution < -0.4 is 5.32 Å². The van der Waals surface area contributed by atoms with Crippen LogP contribution >= 0.6 is 11.6 Å². The zero-order chi connectivity index (χ0) is 23.0. The van der Waals surface area contributed by atoms with Gasteiger partial charge in [0.1, 0.15) is 5.15 Å². The first-order chi connectivity index (χ1) is 15.2. The van der Waals surface area contributed by atoms with Gasteiger partial charge in [0.25, 0.3) is 0 Å². The smallest absolute Gasteiger partial charge is 0.416 e. The number of carbonyl (C=O) groups is 2. The first kappa shape index (κ1) is 21.9. The van der Waals surface area contributed by atoms with Gasteiger partial charge in [-0.3, -0.25) is 4.79 Å². The monoisotopic (exact) mass is 463 g/mol. The zero-order valence-corrected chi connectivity index (χ0v) is 17.5. The molecule has 166 valence electrons. The van der Waals surface area contributed by atoms with Gasteiger partial charge in [-0.15, -0.1) is 0 Å². The Morgan fingerprint density at radius 1 is 1.16 bits per heavy atom. The number of anilines is 1. The van der Waals surface area contributed by atoms with Gasteiger partial charge in [0, 0.05) is 18.5 Å². The number of fused-ring (bicyclic) bond motifs is 2. The normalized spacial score (nSPS) is 15.9. The lowest BCUT2D eigenvalue weighted by Gasteiger charge is -2.34. The van der Waals surface area contributed by atoms with Crippen molar-refractivity contribution in [1.82, 2.24) is 9.88 Å². The van der Waals surface area contributed by atoms with Crippen LogP contribution in [-0.4, -0.2) is 35.5 Å². The average molecular weight is 464 g/mol. The van der Waals surface area contributed by atoms with E-state index in [1.165, 1.54) is 12.1 Å². The molecule has 1 N–H and O–H groups in total. The molecule has 1 atom stereocenters. The minimum Gasteiger partial charge on any atom is -0.468 e. The lowest BCUT2D eigenvalue weighted by atomic mass is 9.87. The number of ether oxygens (including phenoxy) is 1. The molecule has 3 aromatic rings. The van der Waals surface area contributed by atoms with Crippen molar-refractivity contribution in [2.45, 2.75) is 18.6 Å². The van der Waals surface area contributed by atoms with Crippen molar-refractivity contribution in [3.63, 3.8) is 0 Å². The molecular weight excluding hydrogens is 447 g/mol. The third-order valence-corrected chi connectivity index (χ3v) is 5.56. The first-order valence-corrected chi connectivity index (χ1v) is 9.95. The highest BCUT2D eigenvalue weighted by molar-refractivity contribution is 6.30. The summed E-state index contributed by atoms with van der Waals surface area (Å²) in [5, 5.41) is 3.63. The van der Waals surface area contributed by atoms with E-state index >= 15 is 0 Å². The van der Waals surface area contributed by atoms with Gasteiger partial charge in [0.05, 0.1) is 29.8 Å². The molecule has 4 rings (SSSR count). The Hall–Kier alpha value is -3.33. The molecule has 0 aliphatic carbocycles. The van der Waals surface area contributed by atoms with Gasteiger partial charge in [-0.25, -0.2) is 9.78 Å². The Balaban J connectivity index is 1.70. The number of para-hydroxylation sites is 1. The minimum absolute atomic E-state index is 0.129. The number of nitrogens with one attached hydrogen (secondary N) is 1. The molecule has 2 amide bonds. The van der Waals surface area contributed by atoms with E-state index < -0.39 is 29.7 Å². The maximum Gasteiger partial charge on any atom is 0.416 e. The van der Waals surface area contributed by atoms with Gasteiger partial charge in [-0.05, 0) is 35.4 Å². The Bertz CT molecular complexity index is 1220. The van der Waals surface area contributed by atoms with Crippen LogP contribution in [0.15, 0.2) is 48.5 Å². The molecule has 0 radical (unpaired) electrons. The molecule has 0 fully saturated rings. The number of hydrogen-bond donors (Lipinski definition) is 1. The van der Waals surface area contributed by atoms with Gasteiger partial charge in [0.2, 0.25) is 0 Å². The molecule has 1 unspecified atom stereocenters. The number of rotatable bonds is 2. The van der Waals surface area contributed by atoms with E-state index in [2.05, 4.69) is 10.3 Å². The molecule has 6 nitrogen and oxygen atoms in total. The summed E-state index contributed by atoms with van der Waals surface area (Å²) in [5.41, 5.74) is -0.0315. The average Bonchev–Trinajstić information content (AvgIpc) is 2.77. The maximum absolute atomic E-state index is 13.6. The van der Waals surface area contributed by atoms with Gasteiger partial charge in [0.15, 0.2) is 0 Å². The Labute approximate surface area is 185 Å². The van der Waals surface area contributed by atoms with Crippen molar-refractivity contribution in [1.29, 1.82) is 0 Å². The fourth-order valence-electron chi connectivity index (χ4n) is 3.86. The summed E-state index contributed by atoms with van der Waals surface area (Å²) in [5.74, 6) is -1.77. The fraction of sp³-hybridized carbons (Fsp3) is 0.227. The van der Waals surface area contributed by atoms with Crippen molar-refractivity contribution in [3.8, 4) is 0 Å². The van der Waals surface area contributed by atoms with Crippen molar-refractivity contribution >= 4 is 40.2 Å². The highest BCUT2D eigenvalue weighted by atomic mass is 35.5. The SMILES string of the molecule is COC(=O)C1CN(C(=O)Nc2cccc3ccc(Cl)nc23)Cc2c1cccc2C(F)(F)F. The summed E-state index contributed by atoms with van der Waals surface area (Å²) in [4.78, 5) is 30.8. The molecule has 2 aromatic carbocycles. The topological polar surface area (TPSA) is 71.5 Å². The van der Waals surface area contributed by atoms with Crippen LogP contribution in [0, 0.1) is 0 Å². The van der Waals surface area contributed by atoms with E-state index in [1.54, 1.807) is 30.3 Å². The number of carbonyl (C=O) groups excluding carboxylic acids is 2. The maximum atomic E-state index is 13.6. The number of methoxy groups -OCH3 is 1. The summed E-state index contributed by atoms with van der Waals surface area (Å²) in [6, 6.07) is 11.4. The highest BCUT2D eigenvalue weighted by Gasteiger charge is 2.40. The Morgan fingerprint density at radius 3 is 2.62 bits per heavy atom. The second kappa shape index (κ2) is 8.31. The molecule has 32 heavy (non-hydrogen) atoms. The second-order valence-corrected chi connectivity index (χ2v) is 7.66. The predicted octanol–water partition coefficient (Wildman–Crippen LogP) is 5.21. The van der Waals surface area contributed by atoms with Gasteiger partial charge in [-0.1, -0.05) is 35.9 Å². The first-order valence-electron chi connectivity index (χ1n) is 9.57. The number of aromatic nitrogens is 1. The van der Waals surface area contributed by atoms with Crippen LogP contribution in [0.4, 0.5) is 23.7 Å². The number of halogens is 4. The zero-order valence-electron chi connectivity index (χ0n) is 16.7. The number of urea groups is 1. The molecule has 10 heteroatoms. The van der Waals surface area contributed by atoms with E-state index in [4.69, 9.17) is 16.3 Å². The number of amides is 2. The third kappa shape index (κ3) is 4.08. The van der Waals surface area contributed by atoms with E-state index in [1.807, 2.05) is 0 Å². The summed E-state index contributed by atoms with van der Waals surface area (Å²) in [6.07, 6.45) is -4.64. The standard InChI is InChI=1S/C22H17ClF3N3O3/c1-32-20(30)15-11-29(10-14-13(15)5-3-6-16(14)22(24,25)26)21(31)27-17-7-2-4-12-8-9-18(23)28-19(12)17/h2-9,15H,10-11H2,1H3,(H,27,31). The van der Waals surface area contributed by atoms with Crippen LogP contribution in [0.1, 0.15) is 22.6 Å². The number of benzene rings is 2. The van der Waals surface area contributed by atoms with Crippen LogP contribution in [0.2, 0.25) is 5.15 Å². The highest BCUT2D eigenvalue weighted by Crippen LogP contribution is 2.39. The molecule has 1 aromatic heterocycles. The summed E-state index contributed by atoms with van der Waals surface area (Å²) >= 11 is 5.97. The largest absolute Gasteiger partial charge is 0.468 e. The quantitative estimate of drug-likeness (QED) is 0.418. The number of nitrogens with zero attached hydrogens (tertiary/aromatic N) is 2. The lowest BCUT2D eigenvalue weighted by Crippen LogP contribution is -2.43. The Kier molecular flexibility index (Phi) is 5.68. The van der Waals surface area contributed by atoms with Gasteiger partial charge < -0.3 is 15.0 Å². The molecule has 2 heterocycles. The van der Waals surface area contributed by atoms with Crippen LogP contribution in [0.5, 0.6) is 0 Å². The van der Waals surface area contributed by atoms with Gasteiger partial charge in [-0.2, -0.15) is 13.2 Å². The van der Waals surface area contributed by atoms with Crippen molar-refractivity contribution < 1.29 is 27.5 Å². The van der Waals surface area contributed by atoms with Crippen LogP contribution in [-0.2, 0) is 22.3 Å². The lowest BCUT2D eigenvalue weighted by molar-refractivity contribution is -0.144. The third-order valence-electron chi connectivity index (χ3n) is 5.35. The summed E-state index contributed by atoms with van der Waals surface area (Å²) < 4.78 is 45.6. The molecule has 0 saturated heterocycles. The van der Waals surface area contributed by atoms with E-state index in [0.29, 0.717) is 11.2 Å². The number of pyridine rings is 1. The molecule has 0 bridgehead atoms. The fourth-order valence-corrected chi connectivity index (χ4v) is 4.01. The van der Waals surface area contributed by atoms with E-state index in [9.17, 15) is 22.8 Å². The molecule has 1 aliphatic heterocycles. The predicted molar refractivity (Wildman–Crippen MR) is 112 cm³/mol. The molecule has 1 aliphatic rings. The van der Waals surface area contributed by atoms with E-state index in [0.717, 1.165) is 23.5 Å². The van der Waals surface area contributed by atoms with E-state index in [-0.39, 0.29) is 29.4 Å². The molecule has 0 spiro atoms. The van der Waals surface area contributed by atoms with Crippen LogP contribution in [0.25, 0.3) is 10.9 Å². The van der Waals surface area contributed by atoms with Crippen LogP contribution in [0.3, 0.4) is 0 Å². The van der Waals surface area contributed by atoms with Crippen molar-refractivity contribution in [3.05, 3.63) is 70.4 Å². The molecular formula is C22H17ClF3N3O3.